The van der Waals surface area contributed by atoms with Gasteiger partial charge in [-0.1, -0.05) is 54.6 Å². The third kappa shape index (κ3) is 25.0. The number of ether oxygens (including phenoxy) is 6. The number of aliphatic hydroxyl groups is 3. The second-order valence-corrected chi connectivity index (χ2v) is 14.4. The highest BCUT2D eigenvalue weighted by atomic mass is 16.7. The maximum Gasteiger partial charge on any atom is 0.170 e. The summed E-state index contributed by atoms with van der Waals surface area (Å²) in [6.45, 7) is 7.23. The van der Waals surface area contributed by atoms with Crippen molar-refractivity contribution in [1.82, 2.24) is 26.2 Å². The summed E-state index contributed by atoms with van der Waals surface area (Å²) in [5.74, 6) is -0.317. The highest BCUT2D eigenvalue weighted by Gasteiger charge is 2.39. The minimum atomic E-state index is -0.422. The quantitative estimate of drug-likeness (QED) is 0.103. The van der Waals surface area contributed by atoms with Gasteiger partial charge in [-0.3, -0.25) is 0 Å². The molecule has 2 fully saturated rings. The van der Waals surface area contributed by atoms with Crippen molar-refractivity contribution >= 4 is 0 Å². The van der Waals surface area contributed by atoms with Crippen molar-refractivity contribution in [2.24, 2.45) is 0 Å². The number of piperidine rings is 1. The summed E-state index contributed by atoms with van der Waals surface area (Å²) >= 11 is 0. The van der Waals surface area contributed by atoms with E-state index in [1.807, 2.05) is 32.6 Å². The molecule has 2 heterocycles. The predicted molar refractivity (Wildman–Crippen MR) is 232 cm³/mol. The van der Waals surface area contributed by atoms with Crippen LogP contribution in [0.2, 0.25) is 0 Å². The molecule has 0 aromatic heterocycles. The Kier molecular flexibility index (Phi) is 32.3. The van der Waals surface area contributed by atoms with Gasteiger partial charge in [0.2, 0.25) is 0 Å². The molecule has 1 aliphatic carbocycles. The van der Waals surface area contributed by atoms with Gasteiger partial charge in [0.1, 0.15) is 0 Å². The van der Waals surface area contributed by atoms with Crippen molar-refractivity contribution in [3.63, 3.8) is 0 Å². The maximum absolute atomic E-state index is 9.64. The summed E-state index contributed by atoms with van der Waals surface area (Å²) in [7, 11) is 11.8. The molecule has 14 nitrogen and oxygen atoms in total. The van der Waals surface area contributed by atoms with Gasteiger partial charge < -0.3 is 69.9 Å². The van der Waals surface area contributed by atoms with Gasteiger partial charge >= 0.3 is 0 Å². The Bertz CT molecular complexity index is 1230. The van der Waals surface area contributed by atoms with Crippen molar-refractivity contribution in [2.45, 2.75) is 75.1 Å². The molecular formula is C44H79N5O9. The number of nitrogens with zero attached hydrogens (tertiary/aromatic N) is 1. The minimum Gasteiger partial charge on any atom is -0.393 e. The Labute approximate surface area is 350 Å². The first-order chi connectivity index (χ1) is 28.2. The van der Waals surface area contributed by atoms with E-state index in [1.165, 1.54) is 29.5 Å². The topological polar surface area (TPSA) is 167 Å². The van der Waals surface area contributed by atoms with Gasteiger partial charge in [-0.2, -0.15) is 0 Å². The summed E-state index contributed by atoms with van der Waals surface area (Å²) in [5.41, 5.74) is 4.20. The number of rotatable bonds is 19. The number of benzene rings is 2. The largest absolute Gasteiger partial charge is 0.393 e. The lowest BCUT2D eigenvalue weighted by Crippen LogP contribution is -2.47. The van der Waals surface area contributed by atoms with Crippen LogP contribution in [0.5, 0.6) is 0 Å². The molecule has 7 N–H and O–H groups in total. The first kappa shape index (κ1) is 53.3. The molecule has 0 amide bonds. The number of hydrogen-bond donors (Lipinski definition) is 7. The van der Waals surface area contributed by atoms with E-state index in [0.717, 1.165) is 51.7 Å². The average Bonchev–Trinajstić information content (AvgIpc) is 3.69. The second kappa shape index (κ2) is 35.1. The van der Waals surface area contributed by atoms with E-state index in [0.29, 0.717) is 58.7 Å². The van der Waals surface area contributed by atoms with E-state index in [9.17, 15) is 15.3 Å². The van der Waals surface area contributed by atoms with Gasteiger partial charge in [0, 0.05) is 114 Å². The van der Waals surface area contributed by atoms with Gasteiger partial charge in [-0.15, -0.1) is 0 Å². The van der Waals surface area contributed by atoms with E-state index in [2.05, 4.69) is 79.4 Å². The van der Waals surface area contributed by atoms with Crippen LogP contribution in [-0.4, -0.2) is 166 Å². The van der Waals surface area contributed by atoms with Crippen LogP contribution in [0.1, 0.15) is 54.8 Å². The molecule has 2 aliphatic heterocycles. The maximum atomic E-state index is 9.64. The fourth-order valence-corrected chi connectivity index (χ4v) is 6.65. The Balaban J connectivity index is 0.000000394. The molecule has 0 bridgehead atoms. The van der Waals surface area contributed by atoms with Gasteiger partial charge in [0.15, 0.2) is 5.79 Å². The Morgan fingerprint density at radius 2 is 1.33 bits per heavy atom. The molecule has 0 radical (unpaired) electrons. The summed E-state index contributed by atoms with van der Waals surface area (Å²) in [5, 5.41) is 40.9. The van der Waals surface area contributed by atoms with Crippen LogP contribution in [-0.2, 0) is 41.3 Å². The number of methoxy groups -OCH3 is 4. The number of likely N-dealkylation sites (tertiary alicyclic amines) is 1. The van der Waals surface area contributed by atoms with Gasteiger partial charge in [0.05, 0.1) is 51.3 Å². The average molecular weight is 822 g/mol. The summed E-state index contributed by atoms with van der Waals surface area (Å²) in [6, 6.07) is 19.4. The Morgan fingerprint density at radius 3 is 1.91 bits per heavy atom. The van der Waals surface area contributed by atoms with Gasteiger partial charge in [0.25, 0.3) is 0 Å². The van der Waals surface area contributed by atoms with Crippen LogP contribution in [0, 0.1) is 0 Å². The van der Waals surface area contributed by atoms with Gasteiger partial charge in [-0.25, -0.2) is 0 Å². The molecule has 58 heavy (non-hydrogen) atoms. The lowest BCUT2D eigenvalue weighted by molar-refractivity contribution is -0.186. The fraction of sp³-hybridized carbons (Fsp3) is 0.682. The number of aryl methyl sites for hydroxylation is 2. The van der Waals surface area contributed by atoms with Crippen LogP contribution < -0.4 is 21.3 Å². The zero-order valence-electron chi connectivity index (χ0n) is 36.6. The third-order valence-electron chi connectivity index (χ3n) is 9.41. The molecule has 2 saturated heterocycles. The molecule has 334 valence electrons. The van der Waals surface area contributed by atoms with Crippen molar-refractivity contribution < 1.29 is 43.7 Å². The normalized spacial score (nSPS) is 18.4. The van der Waals surface area contributed by atoms with Gasteiger partial charge in [-0.05, 0) is 55.3 Å². The molecule has 1 spiro atoms. The molecular weight excluding hydrogens is 743 g/mol. The Morgan fingerprint density at radius 1 is 0.776 bits per heavy atom. The number of aliphatic hydroxyl groups excluding tert-OH is 3. The van der Waals surface area contributed by atoms with E-state index in [4.69, 9.17) is 23.7 Å². The smallest absolute Gasteiger partial charge is 0.170 e. The van der Waals surface area contributed by atoms with Crippen LogP contribution in [0.3, 0.4) is 0 Å². The Hall–Kier alpha value is -2.70. The lowest BCUT2D eigenvalue weighted by atomic mass is 9.88. The number of nitrogens with one attached hydrogen (secondary N) is 4. The van der Waals surface area contributed by atoms with Crippen molar-refractivity contribution in [2.75, 3.05) is 122 Å². The molecule has 4 unspecified atom stereocenters. The SMILES string of the molecule is CN/C=C\NC.COC.COCC(O)CN1CCC2(CC1)OCCO2.COCC(O)CNC1CCCc2ccccc21.COCC(O)CNCCCc1ccccc1. The fourth-order valence-electron chi connectivity index (χ4n) is 6.65. The number of β-amino-alcohol motifs (C(OH)–C–C–N with tert-alkyl or cyclic N) is 1. The van der Waals surface area contributed by atoms with E-state index in [1.54, 1.807) is 35.5 Å². The first-order valence-corrected chi connectivity index (χ1v) is 20.7. The standard InChI is InChI=1S/C14H21NO2.C13H21NO2.C11H21NO4.C4H10N2.C2H6O/c1-17-10-12(16)9-15-14-8-4-6-11-5-2-3-7-13(11)14;1-16-11-13(15)10-14-9-5-8-12-6-3-2-4-7-12;1-14-9-10(13)8-12-4-2-11(3-5-12)15-6-7-16-11;1-5-3-4-6-2;1-3-2/h2-3,5,7,12,14-16H,4,6,8-10H2,1H3;2-4,6-7,13-15H,5,8-11H2,1H3;10,13H,2-9H2,1H3;3-6H,1-2H3;1-2H3/b;;;4-3-;. The van der Waals surface area contributed by atoms with Crippen LogP contribution in [0.15, 0.2) is 67.0 Å². The third-order valence-corrected chi connectivity index (χ3v) is 9.41. The number of hydrogen-bond acceptors (Lipinski definition) is 14. The zero-order chi connectivity index (χ0) is 42.7. The number of fused-ring (bicyclic) bond motifs is 1. The highest BCUT2D eigenvalue weighted by molar-refractivity contribution is 5.32. The molecule has 5 rings (SSSR count). The lowest BCUT2D eigenvalue weighted by Gasteiger charge is -2.38. The second-order valence-electron chi connectivity index (χ2n) is 14.4. The zero-order valence-corrected chi connectivity index (χ0v) is 36.6. The molecule has 2 aromatic rings. The van der Waals surface area contributed by atoms with E-state index >= 15 is 0 Å². The van der Waals surface area contributed by atoms with Crippen molar-refractivity contribution in [3.05, 3.63) is 83.7 Å². The molecule has 14 heteroatoms. The molecule has 4 atom stereocenters. The van der Waals surface area contributed by atoms with Crippen LogP contribution in [0.25, 0.3) is 0 Å². The monoisotopic (exact) mass is 822 g/mol. The van der Waals surface area contributed by atoms with Crippen LogP contribution in [0.4, 0.5) is 0 Å². The summed E-state index contributed by atoms with van der Waals surface area (Å²) in [6.07, 6.45) is 9.92. The van der Waals surface area contributed by atoms with Crippen LogP contribution >= 0.6 is 0 Å². The molecule has 3 aliphatic rings. The van der Waals surface area contributed by atoms with Crippen molar-refractivity contribution in [3.8, 4) is 0 Å². The van der Waals surface area contributed by atoms with Crippen molar-refractivity contribution in [1.29, 1.82) is 0 Å². The summed E-state index contributed by atoms with van der Waals surface area (Å²) in [4.78, 5) is 2.24. The van der Waals surface area contributed by atoms with E-state index in [-0.39, 0.29) is 5.79 Å². The predicted octanol–water partition coefficient (Wildman–Crippen LogP) is 2.87. The molecule has 0 saturated carbocycles. The first-order valence-electron chi connectivity index (χ1n) is 20.7. The highest BCUT2D eigenvalue weighted by Crippen LogP contribution is 2.31. The summed E-state index contributed by atoms with van der Waals surface area (Å²) < 4.78 is 30.2. The molecule has 2 aromatic carbocycles. The van der Waals surface area contributed by atoms with E-state index < -0.39 is 18.3 Å². The minimum absolute atomic E-state index is 0.317.